The molecular formula is C27H24FN9O. The van der Waals surface area contributed by atoms with Gasteiger partial charge in [-0.1, -0.05) is 13.3 Å². The van der Waals surface area contributed by atoms with Crippen LogP contribution < -0.4 is 5.32 Å². The van der Waals surface area contributed by atoms with Crippen LogP contribution in [0.4, 0.5) is 10.1 Å². The van der Waals surface area contributed by atoms with Gasteiger partial charge >= 0.3 is 0 Å². The SMILES string of the molecule is CCCCC(=O)Nc1cncc(-c2cc(F)c3n[nH]c(-c4nc5nccc(-n6cnc(C)c6)c5[nH]4)c3c2)c1. The van der Waals surface area contributed by atoms with E-state index in [0.29, 0.717) is 45.8 Å². The van der Waals surface area contributed by atoms with E-state index in [0.717, 1.165) is 29.7 Å². The van der Waals surface area contributed by atoms with Gasteiger partial charge in [0.2, 0.25) is 5.91 Å². The zero-order chi connectivity index (χ0) is 26.2. The number of halogens is 1. The summed E-state index contributed by atoms with van der Waals surface area (Å²) in [7, 11) is 0. The van der Waals surface area contributed by atoms with Crippen molar-refractivity contribution in [1.82, 2.24) is 39.7 Å². The molecule has 0 saturated heterocycles. The molecule has 0 fully saturated rings. The molecule has 6 aromatic rings. The van der Waals surface area contributed by atoms with E-state index in [1.165, 1.54) is 6.07 Å². The molecule has 38 heavy (non-hydrogen) atoms. The lowest BCUT2D eigenvalue weighted by Gasteiger charge is -2.08. The number of imidazole rings is 2. The number of hydrogen-bond donors (Lipinski definition) is 3. The summed E-state index contributed by atoms with van der Waals surface area (Å²) < 4.78 is 17.1. The number of amides is 1. The van der Waals surface area contributed by atoms with Gasteiger partial charge in [0.25, 0.3) is 0 Å². The summed E-state index contributed by atoms with van der Waals surface area (Å²) in [5, 5.41) is 10.5. The highest BCUT2D eigenvalue weighted by Crippen LogP contribution is 2.33. The molecule has 0 bridgehead atoms. The van der Waals surface area contributed by atoms with Crippen molar-refractivity contribution in [2.45, 2.75) is 33.1 Å². The maximum Gasteiger partial charge on any atom is 0.224 e. The number of carbonyl (C=O) groups excluding carboxylic acids is 1. The first-order valence-corrected chi connectivity index (χ1v) is 12.3. The number of aromatic amines is 2. The molecule has 5 heterocycles. The van der Waals surface area contributed by atoms with Crippen molar-refractivity contribution < 1.29 is 9.18 Å². The number of nitrogens with zero attached hydrogens (tertiary/aromatic N) is 6. The molecule has 0 aliphatic heterocycles. The second-order valence-electron chi connectivity index (χ2n) is 9.10. The number of unbranched alkanes of at least 4 members (excludes halogenated alkanes) is 1. The van der Waals surface area contributed by atoms with Gasteiger partial charge in [0.05, 0.1) is 29.6 Å². The van der Waals surface area contributed by atoms with E-state index in [4.69, 9.17) is 0 Å². The fourth-order valence-corrected chi connectivity index (χ4v) is 4.43. The minimum Gasteiger partial charge on any atom is -0.334 e. The topological polar surface area (TPSA) is 130 Å². The highest BCUT2D eigenvalue weighted by atomic mass is 19.1. The van der Waals surface area contributed by atoms with Crippen LogP contribution in [0.25, 0.3) is 50.4 Å². The molecule has 11 heteroatoms. The second kappa shape index (κ2) is 9.51. The number of carbonyl (C=O) groups is 1. The molecule has 0 aliphatic rings. The summed E-state index contributed by atoms with van der Waals surface area (Å²) in [6.45, 7) is 3.95. The summed E-state index contributed by atoms with van der Waals surface area (Å²) in [6, 6.07) is 6.89. The zero-order valence-corrected chi connectivity index (χ0v) is 20.8. The van der Waals surface area contributed by atoms with Crippen LogP contribution in [0, 0.1) is 12.7 Å². The molecule has 0 atom stereocenters. The molecular weight excluding hydrogens is 485 g/mol. The fraction of sp³-hybridized carbons (Fsp3) is 0.185. The van der Waals surface area contributed by atoms with Gasteiger partial charge in [0.15, 0.2) is 17.3 Å². The smallest absolute Gasteiger partial charge is 0.224 e. The molecule has 0 spiro atoms. The average Bonchev–Trinajstić information content (AvgIpc) is 3.65. The zero-order valence-electron chi connectivity index (χ0n) is 20.8. The van der Waals surface area contributed by atoms with E-state index in [9.17, 15) is 4.79 Å². The minimum absolute atomic E-state index is 0.0757. The van der Waals surface area contributed by atoms with Crippen molar-refractivity contribution in [1.29, 1.82) is 0 Å². The van der Waals surface area contributed by atoms with E-state index < -0.39 is 5.82 Å². The summed E-state index contributed by atoms with van der Waals surface area (Å²) in [6.07, 6.45) is 10.7. The predicted octanol–water partition coefficient (Wildman–Crippen LogP) is 5.33. The standard InChI is InChI=1S/C27H24FN9O/c1-3-4-5-22(38)32-18-8-17(11-29-12-18)16-9-19-23(20(28)10-16)35-36-24(19)27-33-25-21(6-7-30-26(25)34-27)37-13-15(2)31-14-37/h6-14H,3-5H2,1-2H3,(H,32,38)(H,35,36)(H,30,33,34). The normalized spacial score (nSPS) is 11.4. The van der Waals surface area contributed by atoms with E-state index in [-0.39, 0.29) is 11.4 Å². The highest BCUT2D eigenvalue weighted by Gasteiger charge is 2.18. The van der Waals surface area contributed by atoms with Crippen LogP contribution in [0.1, 0.15) is 31.9 Å². The van der Waals surface area contributed by atoms with Gasteiger partial charge in [-0.3, -0.25) is 14.9 Å². The third kappa shape index (κ3) is 4.27. The summed E-state index contributed by atoms with van der Waals surface area (Å²) in [5.74, 6) is -0.0830. The van der Waals surface area contributed by atoms with Crippen molar-refractivity contribution in [3.63, 3.8) is 0 Å². The number of aromatic nitrogens is 8. The van der Waals surface area contributed by atoms with E-state index in [1.54, 1.807) is 31.0 Å². The largest absolute Gasteiger partial charge is 0.334 e. The van der Waals surface area contributed by atoms with Crippen LogP contribution in [-0.2, 0) is 4.79 Å². The molecule has 0 radical (unpaired) electrons. The Morgan fingerprint density at radius 2 is 2.05 bits per heavy atom. The average molecular weight is 510 g/mol. The summed E-state index contributed by atoms with van der Waals surface area (Å²) in [4.78, 5) is 33.1. The third-order valence-corrected chi connectivity index (χ3v) is 6.32. The van der Waals surface area contributed by atoms with Gasteiger partial charge in [-0.2, -0.15) is 5.10 Å². The van der Waals surface area contributed by atoms with Crippen molar-refractivity contribution in [2.75, 3.05) is 5.32 Å². The number of anilines is 1. The molecule has 3 N–H and O–H groups in total. The van der Waals surface area contributed by atoms with Gasteiger partial charge in [0.1, 0.15) is 16.7 Å². The highest BCUT2D eigenvalue weighted by molar-refractivity contribution is 5.97. The second-order valence-corrected chi connectivity index (χ2v) is 9.10. The number of benzene rings is 1. The third-order valence-electron chi connectivity index (χ3n) is 6.32. The molecule has 10 nitrogen and oxygen atoms in total. The first-order chi connectivity index (χ1) is 18.5. The van der Waals surface area contributed by atoms with Crippen LogP contribution >= 0.6 is 0 Å². The Kier molecular flexibility index (Phi) is 5.87. The number of nitrogens with one attached hydrogen (secondary N) is 3. The van der Waals surface area contributed by atoms with Gasteiger partial charge < -0.3 is 14.9 Å². The van der Waals surface area contributed by atoms with E-state index in [2.05, 4.69) is 40.4 Å². The van der Waals surface area contributed by atoms with Crippen molar-refractivity contribution in [3.05, 3.63) is 66.9 Å². The van der Waals surface area contributed by atoms with Gasteiger partial charge in [-0.15, -0.1) is 0 Å². The number of aryl methyl sites for hydroxylation is 1. The molecule has 0 saturated carbocycles. The fourth-order valence-electron chi connectivity index (χ4n) is 4.43. The Hall–Kier alpha value is -4.93. The van der Waals surface area contributed by atoms with Gasteiger partial charge in [0, 0.05) is 36.0 Å². The van der Waals surface area contributed by atoms with Gasteiger partial charge in [-0.25, -0.2) is 19.3 Å². The van der Waals surface area contributed by atoms with Crippen LogP contribution in [0.15, 0.2) is 55.4 Å². The number of rotatable bonds is 7. The molecule has 0 aliphatic carbocycles. The Bertz CT molecular complexity index is 1800. The lowest BCUT2D eigenvalue weighted by Crippen LogP contribution is -2.11. The Morgan fingerprint density at radius 1 is 1.16 bits per heavy atom. The molecule has 1 aromatic carbocycles. The number of H-pyrrole nitrogens is 2. The Morgan fingerprint density at radius 3 is 2.87 bits per heavy atom. The predicted molar refractivity (Wildman–Crippen MR) is 142 cm³/mol. The van der Waals surface area contributed by atoms with Crippen LogP contribution in [0.2, 0.25) is 0 Å². The van der Waals surface area contributed by atoms with Crippen molar-refractivity contribution in [2.24, 2.45) is 0 Å². The first-order valence-electron chi connectivity index (χ1n) is 12.3. The van der Waals surface area contributed by atoms with Crippen LogP contribution in [0.3, 0.4) is 0 Å². The molecule has 5 aromatic heterocycles. The minimum atomic E-state index is -0.485. The molecule has 6 rings (SSSR count). The maximum absolute atomic E-state index is 15.2. The lowest BCUT2D eigenvalue weighted by atomic mass is 10.0. The van der Waals surface area contributed by atoms with E-state index >= 15 is 4.39 Å². The molecule has 1 amide bonds. The summed E-state index contributed by atoms with van der Waals surface area (Å²) >= 11 is 0. The lowest BCUT2D eigenvalue weighted by molar-refractivity contribution is -0.116. The van der Waals surface area contributed by atoms with Gasteiger partial charge in [-0.05, 0) is 43.2 Å². The van der Waals surface area contributed by atoms with Crippen LogP contribution in [0.5, 0.6) is 0 Å². The number of hydrogen-bond acceptors (Lipinski definition) is 6. The van der Waals surface area contributed by atoms with Crippen molar-refractivity contribution in [3.8, 4) is 28.3 Å². The Labute approximate surface area is 216 Å². The van der Waals surface area contributed by atoms with E-state index in [1.807, 2.05) is 36.7 Å². The monoisotopic (exact) mass is 509 g/mol. The molecule has 0 unspecified atom stereocenters. The number of fused-ring (bicyclic) bond motifs is 2. The molecule has 190 valence electrons. The Balaban J connectivity index is 1.40. The quantitative estimate of drug-likeness (QED) is 0.267. The summed E-state index contributed by atoms with van der Waals surface area (Å²) in [5.41, 5.74) is 5.50. The maximum atomic E-state index is 15.2. The van der Waals surface area contributed by atoms with Crippen molar-refractivity contribution >= 4 is 33.7 Å². The number of pyridine rings is 2. The van der Waals surface area contributed by atoms with Crippen LogP contribution in [-0.4, -0.2) is 45.6 Å². The first kappa shape index (κ1) is 23.5.